The number of nitrogens with one attached hydrogen (secondary N) is 2. The smallest absolute Gasteiger partial charge is 0.225 e. The van der Waals surface area contributed by atoms with Crippen LogP contribution in [-0.4, -0.2) is 27.2 Å². The Balaban J connectivity index is 2.34. The predicted molar refractivity (Wildman–Crippen MR) is 76.1 cm³/mol. The molecule has 0 saturated carbocycles. The van der Waals surface area contributed by atoms with Crippen LogP contribution in [0.25, 0.3) is 22.3 Å². The summed E-state index contributed by atoms with van der Waals surface area (Å²) in [7, 11) is 1.81. The van der Waals surface area contributed by atoms with Crippen LogP contribution in [0, 0.1) is 13.8 Å². The molecule has 0 aliphatic heterocycles. The average Bonchev–Trinajstić information content (AvgIpc) is 2.89. The number of anilines is 1. The van der Waals surface area contributed by atoms with Crippen molar-refractivity contribution in [2.75, 3.05) is 12.4 Å². The summed E-state index contributed by atoms with van der Waals surface area (Å²) in [5.74, 6) is 0.590. The molecule has 5 heteroatoms. The molecule has 0 radical (unpaired) electrons. The molecular formula is C14H15N5. The number of hydrogen-bond donors (Lipinski definition) is 2. The highest BCUT2D eigenvalue weighted by molar-refractivity contribution is 5.91. The summed E-state index contributed by atoms with van der Waals surface area (Å²) >= 11 is 0. The average molecular weight is 253 g/mol. The molecule has 19 heavy (non-hydrogen) atoms. The summed E-state index contributed by atoms with van der Waals surface area (Å²) in [5.41, 5.74) is 5.24. The van der Waals surface area contributed by atoms with Gasteiger partial charge in [-0.3, -0.25) is 5.10 Å². The Labute approximate surface area is 111 Å². The second-order valence-corrected chi connectivity index (χ2v) is 4.53. The summed E-state index contributed by atoms with van der Waals surface area (Å²) in [5, 5.41) is 10.9. The van der Waals surface area contributed by atoms with Crippen molar-refractivity contribution >= 4 is 17.0 Å². The highest BCUT2D eigenvalue weighted by Crippen LogP contribution is 2.29. The van der Waals surface area contributed by atoms with Crippen LogP contribution in [0.1, 0.15) is 11.1 Å². The monoisotopic (exact) mass is 253 g/mol. The van der Waals surface area contributed by atoms with Crippen LogP contribution in [0.15, 0.2) is 24.4 Å². The van der Waals surface area contributed by atoms with Gasteiger partial charge in [-0.05, 0) is 25.0 Å². The number of aromatic nitrogens is 4. The Hall–Kier alpha value is -2.43. The zero-order valence-corrected chi connectivity index (χ0v) is 11.2. The van der Waals surface area contributed by atoms with Crippen molar-refractivity contribution in [2.45, 2.75) is 13.8 Å². The van der Waals surface area contributed by atoms with Crippen molar-refractivity contribution in [1.82, 2.24) is 20.2 Å². The highest BCUT2D eigenvalue weighted by atomic mass is 15.2. The molecular weight excluding hydrogens is 238 g/mol. The zero-order valence-electron chi connectivity index (χ0n) is 11.2. The third-order valence-electron chi connectivity index (χ3n) is 3.39. The number of aryl methyl sites for hydroxylation is 1. The Bertz CT molecular complexity index is 745. The maximum absolute atomic E-state index is 4.58. The molecule has 96 valence electrons. The molecule has 0 aliphatic rings. The Kier molecular flexibility index (Phi) is 2.67. The van der Waals surface area contributed by atoms with Gasteiger partial charge in [-0.25, -0.2) is 4.98 Å². The third kappa shape index (κ3) is 1.83. The van der Waals surface area contributed by atoms with Crippen molar-refractivity contribution < 1.29 is 0 Å². The number of H-pyrrole nitrogens is 1. The third-order valence-corrected chi connectivity index (χ3v) is 3.39. The molecule has 1 aromatic carbocycles. The number of rotatable bonds is 2. The maximum Gasteiger partial charge on any atom is 0.225 e. The lowest BCUT2D eigenvalue weighted by Gasteiger charge is -2.10. The normalized spacial score (nSPS) is 10.9. The Morgan fingerprint density at radius 1 is 1.16 bits per heavy atom. The van der Waals surface area contributed by atoms with Crippen molar-refractivity contribution in [2.24, 2.45) is 0 Å². The number of aromatic amines is 1. The van der Waals surface area contributed by atoms with E-state index < -0.39 is 0 Å². The van der Waals surface area contributed by atoms with Crippen molar-refractivity contribution in [3.05, 3.63) is 35.5 Å². The summed E-state index contributed by atoms with van der Waals surface area (Å²) in [6.45, 7) is 4.21. The van der Waals surface area contributed by atoms with E-state index in [9.17, 15) is 0 Å². The molecule has 3 aromatic rings. The lowest BCUT2D eigenvalue weighted by molar-refractivity contribution is 1.09. The van der Waals surface area contributed by atoms with E-state index in [1.54, 1.807) is 6.20 Å². The maximum atomic E-state index is 4.58. The predicted octanol–water partition coefficient (Wildman–Crippen LogP) is 2.68. The van der Waals surface area contributed by atoms with Gasteiger partial charge in [0.15, 0.2) is 5.65 Å². The number of fused-ring (bicyclic) bond motifs is 1. The van der Waals surface area contributed by atoms with Crippen LogP contribution in [-0.2, 0) is 0 Å². The summed E-state index contributed by atoms with van der Waals surface area (Å²) in [6.07, 6.45) is 1.77. The molecule has 0 aliphatic carbocycles. The number of hydrogen-bond acceptors (Lipinski definition) is 4. The Morgan fingerprint density at radius 3 is 2.79 bits per heavy atom. The van der Waals surface area contributed by atoms with E-state index in [1.807, 2.05) is 13.1 Å². The fourth-order valence-electron chi connectivity index (χ4n) is 2.16. The van der Waals surface area contributed by atoms with Gasteiger partial charge in [-0.15, -0.1) is 0 Å². The molecule has 2 heterocycles. The van der Waals surface area contributed by atoms with Crippen molar-refractivity contribution in [3.63, 3.8) is 0 Å². The van der Waals surface area contributed by atoms with Crippen LogP contribution in [0.2, 0.25) is 0 Å². The zero-order chi connectivity index (χ0) is 13.4. The van der Waals surface area contributed by atoms with Crippen molar-refractivity contribution in [1.29, 1.82) is 0 Å². The molecule has 0 spiro atoms. The second kappa shape index (κ2) is 4.35. The second-order valence-electron chi connectivity index (χ2n) is 4.53. The molecule has 0 amide bonds. The van der Waals surface area contributed by atoms with E-state index in [0.717, 1.165) is 22.3 Å². The lowest BCUT2D eigenvalue weighted by atomic mass is 9.99. The van der Waals surface area contributed by atoms with Gasteiger partial charge < -0.3 is 5.32 Å². The van der Waals surface area contributed by atoms with Crippen LogP contribution in [0.5, 0.6) is 0 Å². The fraction of sp³-hybridized carbons (Fsp3) is 0.214. The van der Waals surface area contributed by atoms with E-state index in [-0.39, 0.29) is 0 Å². The topological polar surface area (TPSA) is 66.5 Å². The molecule has 0 fully saturated rings. The summed E-state index contributed by atoms with van der Waals surface area (Å²) in [6, 6.07) is 6.23. The standard InChI is InChI=1S/C14H15N5/c1-8-5-4-6-10(9(8)2)12-11-7-16-19-13(11)18-14(15-3)17-12/h4-7H,1-3H3,(H2,15,16,17,18,19). The van der Waals surface area contributed by atoms with Gasteiger partial charge in [0.25, 0.3) is 0 Å². The first-order chi connectivity index (χ1) is 9.20. The van der Waals surface area contributed by atoms with Gasteiger partial charge in [0.05, 0.1) is 17.3 Å². The molecule has 2 aromatic heterocycles. The van der Waals surface area contributed by atoms with E-state index >= 15 is 0 Å². The summed E-state index contributed by atoms with van der Waals surface area (Å²) < 4.78 is 0. The molecule has 3 rings (SSSR count). The molecule has 0 bridgehead atoms. The number of benzene rings is 1. The molecule has 0 atom stereocenters. The van der Waals surface area contributed by atoms with E-state index in [1.165, 1.54) is 11.1 Å². The van der Waals surface area contributed by atoms with Gasteiger partial charge in [-0.1, -0.05) is 18.2 Å². The number of nitrogens with zero attached hydrogens (tertiary/aromatic N) is 3. The Morgan fingerprint density at radius 2 is 2.00 bits per heavy atom. The minimum absolute atomic E-state index is 0.590. The molecule has 0 saturated heterocycles. The minimum Gasteiger partial charge on any atom is -0.357 e. The van der Waals surface area contributed by atoms with Crippen LogP contribution in [0.3, 0.4) is 0 Å². The van der Waals surface area contributed by atoms with Crippen LogP contribution >= 0.6 is 0 Å². The van der Waals surface area contributed by atoms with E-state index in [0.29, 0.717) is 5.95 Å². The minimum atomic E-state index is 0.590. The van der Waals surface area contributed by atoms with E-state index in [2.05, 4.69) is 51.5 Å². The lowest BCUT2D eigenvalue weighted by Crippen LogP contribution is -1.99. The quantitative estimate of drug-likeness (QED) is 0.737. The first kappa shape index (κ1) is 11.6. The van der Waals surface area contributed by atoms with Gasteiger partial charge in [0.2, 0.25) is 5.95 Å². The first-order valence-corrected chi connectivity index (χ1v) is 6.16. The SMILES string of the molecule is CNc1nc(-c2cccc(C)c2C)c2cn[nH]c2n1. The van der Waals surface area contributed by atoms with Crippen molar-refractivity contribution in [3.8, 4) is 11.3 Å². The van der Waals surface area contributed by atoms with Gasteiger partial charge in [0.1, 0.15) is 0 Å². The van der Waals surface area contributed by atoms with Gasteiger partial charge >= 0.3 is 0 Å². The van der Waals surface area contributed by atoms with E-state index in [4.69, 9.17) is 0 Å². The summed E-state index contributed by atoms with van der Waals surface area (Å²) in [4.78, 5) is 8.93. The highest BCUT2D eigenvalue weighted by Gasteiger charge is 2.13. The molecule has 5 nitrogen and oxygen atoms in total. The van der Waals surface area contributed by atoms with Crippen LogP contribution < -0.4 is 5.32 Å². The van der Waals surface area contributed by atoms with Gasteiger partial charge in [-0.2, -0.15) is 10.1 Å². The van der Waals surface area contributed by atoms with Crippen LogP contribution in [0.4, 0.5) is 5.95 Å². The molecule has 2 N–H and O–H groups in total. The van der Waals surface area contributed by atoms with Gasteiger partial charge in [0, 0.05) is 12.6 Å². The first-order valence-electron chi connectivity index (χ1n) is 6.16. The largest absolute Gasteiger partial charge is 0.357 e. The fourth-order valence-corrected chi connectivity index (χ4v) is 2.16. The molecule has 0 unspecified atom stereocenters.